The first-order valence-corrected chi connectivity index (χ1v) is 7.47. The summed E-state index contributed by atoms with van der Waals surface area (Å²) in [5.41, 5.74) is 0. The minimum absolute atomic E-state index is 0.777. The molecule has 2 unspecified atom stereocenters. The summed E-state index contributed by atoms with van der Waals surface area (Å²) < 4.78 is 0. The van der Waals surface area contributed by atoms with Crippen molar-refractivity contribution in [2.45, 2.75) is 44.2 Å². The van der Waals surface area contributed by atoms with E-state index in [-0.39, 0.29) is 0 Å². The lowest BCUT2D eigenvalue weighted by Crippen LogP contribution is -2.45. The van der Waals surface area contributed by atoms with Gasteiger partial charge in [0.15, 0.2) is 0 Å². The fraction of sp³-hybridized carbons (Fsp3) is 1.00. The molecule has 2 saturated heterocycles. The predicted octanol–water partition coefficient (Wildman–Crippen LogP) is 1.15. The molecule has 0 bridgehead atoms. The van der Waals surface area contributed by atoms with Crippen LogP contribution >= 0.6 is 0 Å². The van der Waals surface area contributed by atoms with Crippen molar-refractivity contribution >= 4 is 0 Å². The molecule has 3 fully saturated rings. The van der Waals surface area contributed by atoms with Crippen molar-refractivity contribution in [3.05, 3.63) is 0 Å². The van der Waals surface area contributed by atoms with Crippen LogP contribution in [0.1, 0.15) is 32.1 Å². The van der Waals surface area contributed by atoms with Gasteiger partial charge in [0, 0.05) is 31.7 Å². The number of hydrogen-bond acceptors (Lipinski definition) is 3. The first-order valence-electron chi connectivity index (χ1n) is 7.47. The molecular weight excluding hydrogens is 210 g/mol. The second kappa shape index (κ2) is 5.25. The van der Waals surface area contributed by atoms with E-state index in [4.69, 9.17) is 0 Å². The minimum atomic E-state index is 0.777. The third-order valence-corrected chi connectivity index (χ3v) is 4.69. The van der Waals surface area contributed by atoms with Crippen LogP contribution in [-0.4, -0.2) is 61.7 Å². The molecule has 3 aliphatic rings. The van der Waals surface area contributed by atoms with E-state index in [2.05, 4.69) is 22.2 Å². The summed E-state index contributed by atoms with van der Waals surface area (Å²) in [6.07, 6.45) is 7.13. The van der Waals surface area contributed by atoms with Gasteiger partial charge in [-0.1, -0.05) is 0 Å². The summed E-state index contributed by atoms with van der Waals surface area (Å²) in [6.45, 7) is 6.50. The molecule has 0 spiro atoms. The third-order valence-electron chi connectivity index (χ3n) is 4.69. The average molecular weight is 237 g/mol. The molecule has 1 aliphatic carbocycles. The summed E-state index contributed by atoms with van der Waals surface area (Å²) in [5.74, 6) is 1.03. The Morgan fingerprint density at radius 2 is 2.06 bits per heavy atom. The summed E-state index contributed by atoms with van der Waals surface area (Å²) in [5, 5.41) is 3.66. The Labute approximate surface area is 106 Å². The van der Waals surface area contributed by atoms with E-state index in [1.54, 1.807) is 0 Å². The molecule has 0 aromatic heterocycles. The van der Waals surface area contributed by atoms with Crippen molar-refractivity contribution in [2.24, 2.45) is 5.92 Å². The van der Waals surface area contributed by atoms with E-state index in [1.807, 2.05) is 0 Å². The van der Waals surface area contributed by atoms with Crippen LogP contribution in [0.15, 0.2) is 0 Å². The lowest BCUT2D eigenvalue weighted by Gasteiger charge is -2.31. The molecule has 3 nitrogen and oxygen atoms in total. The molecular formula is C14H27N3. The van der Waals surface area contributed by atoms with Crippen molar-refractivity contribution in [1.82, 2.24) is 15.1 Å². The maximum absolute atomic E-state index is 3.66. The molecule has 17 heavy (non-hydrogen) atoms. The van der Waals surface area contributed by atoms with Crippen molar-refractivity contribution < 1.29 is 0 Å². The Balaban J connectivity index is 1.55. The van der Waals surface area contributed by atoms with Crippen molar-refractivity contribution in [1.29, 1.82) is 0 Å². The molecule has 3 heteroatoms. The first-order chi connectivity index (χ1) is 8.31. The molecule has 1 saturated carbocycles. The van der Waals surface area contributed by atoms with E-state index in [0.29, 0.717) is 0 Å². The second-order valence-electron chi connectivity index (χ2n) is 6.40. The van der Waals surface area contributed by atoms with Crippen LogP contribution < -0.4 is 5.32 Å². The van der Waals surface area contributed by atoms with Crippen LogP contribution in [0, 0.1) is 5.92 Å². The van der Waals surface area contributed by atoms with Crippen LogP contribution in [0.5, 0.6) is 0 Å². The van der Waals surface area contributed by atoms with Crippen LogP contribution in [0.2, 0.25) is 0 Å². The van der Waals surface area contributed by atoms with Gasteiger partial charge in [-0.15, -0.1) is 0 Å². The van der Waals surface area contributed by atoms with Crippen molar-refractivity contribution in [3.8, 4) is 0 Å². The molecule has 0 amide bonds. The maximum Gasteiger partial charge on any atom is 0.0235 e. The monoisotopic (exact) mass is 237 g/mol. The van der Waals surface area contributed by atoms with Gasteiger partial charge in [0.25, 0.3) is 0 Å². The van der Waals surface area contributed by atoms with E-state index >= 15 is 0 Å². The SMILES string of the molecule is CN1CCC(N(CC2CC2)CC2CCCN2)C1. The van der Waals surface area contributed by atoms with Gasteiger partial charge in [-0.2, -0.15) is 0 Å². The van der Waals surface area contributed by atoms with Crippen LogP contribution in [0.25, 0.3) is 0 Å². The van der Waals surface area contributed by atoms with Crippen molar-refractivity contribution in [2.75, 3.05) is 39.8 Å². The molecule has 0 aromatic carbocycles. The van der Waals surface area contributed by atoms with Gasteiger partial charge in [-0.25, -0.2) is 0 Å². The van der Waals surface area contributed by atoms with Crippen LogP contribution in [-0.2, 0) is 0 Å². The standard InChI is InChI=1S/C14H27N3/c1-16-8-6-14(11-16)17(9-12-4-5-12)10-13-3-2-7-15-13/h12-15H,2-11H2,1H3. The van der Waals surface area contributed by atoms with E-state index < -0.39 is 0 Å². The Hall–Kier alpha value is -0.120. The predicted molar refractivity (Wildman–Crippen MR) is 71.2 cm³/mol. The lowest BCUT2D eigenvalue weighted by atomic mass is 10.1. The van der Waals surface area contributed by atoms with Gasteiger partial charge < -0.3 is 10.2 Å². The Morgan fingerprint density at radius 3 is 2.65 bits per heavy atom. The first kappa shape index (κ1) is 11.9. The van der Waals surface area contributed by atoms with E-state index in [9.17, 15) is 0 Å². The highest BCUT2D eigenvalue weighted by atomic mass is 15.3. The zero-order valence-corrected chi connectivity index (χ0v) is 11.2. The van der Waals surface area contributed by atoms with E-state index in [1.165, 1.54) is 64.8 Å². The molecule has 2 atom stereocenters. The number of hydrogen-bond donors (Lipinski definition) is 1. The van der Waals surface area contributed by atoms with Gasteiger partial charge in [0.05, 0.1) is 0 Å². The van der Waals surface area contributed by atoms with Crippen LogP contribution in [0.3, 0.4) is 0 Å². The summed E-state index contributed by atoms with van der Waals surface area (Å²) in [6, 6.07) is 1.61. The lowest BCUT2D eigenvalue weighted by molar-refractivity contribution is 0.174. The highest BCUT2D eigenvalue weighted by molar-refractivity contribution is 4.89. The van der Waals surface area contributed by atoms with E-state index in [0.717, 1.165) is 18.0 Å². The highest BCUT2D eigenvalue weighted by Crippen LogP contribution is 2.31. The maximum atomic E-state index is 3.66. The smallest absolute Gasteiger partial charge is 0.0235 e. The summed E-state index contributed by atoms with van der Waals surface area (Å²) in [7, 11) is 2.27. The quantitative estimate of drug-likeness (QED) is 0.774. The molecule has 1 N–H and O–H groups in total. The molecule has 2 aliphatic heterocycles. The largest absolute Gasteiger partial charge is 0.313 e. The Bertz CT molecular complexity index is 246. The highest BCUT2D eigenvalue weighted by Gasteiger charge is 2.32. The van der Waals surface area contributed by atoms with Gasteiger partial charge in [-0.3, -0.25) is 4.90 Å². The zero-order chi connectivity index (χ0) is 11.7. The second-order valence-corrected chi connectivity index (χ2v) is 6.40. The number of nitrogens with one attached hydrogen (secondary N) is 1. The van der Waals surface area contributed by atoms with Gasteiger partial charge in [-0.05, 0) is 58.2 Å². The summed E-state index contributed by atoms with van der Waals surface area (Å²) >= 11 is 0. The third kappa shape index (κ3) is 3.21. The van der Waals surface area contributed by atoms with Gasteiger partial charge in [0.2, 0.25) is 0 Å². The average Bonchev–Trinajstić information content (AvgIpc) is 2.79. The number of nitrogens with zero attached hydrogens (tertiary/aromatic N) is 2. The summed E-state index contributed by atoms with van der Waals surface area (Å²) in [4.78, 5) is 5.30. The number of likely N-dealkylation sites (tertiary alicyclic amines) is 1. The Kier molecular flexibility index (Phi) is 3.69. The number of likely N-dealkylation sites (N-methyl/N-ethyl adjacent to an activating group) is 1. The van der Waals surface area contributed by atoms with Gasteiger partial charge in [0.1, 0.15) is 0 Å². The topological polar surface area (TPSA) is 18.5 Å². The Morgan fingerprint density at radius 1 is 1.18 bits per heavy atom. The molecule has 2 heterocycles. The fourth-order valence-corrected chi connectivity index (χ4v) is 3.41. The van der Waals surface area contributed by atoms with Crippen molar-refractivity contribution in [3.63, 3.8) is 0 Å². The van der Waals surface area contributed by atoms with Crippen LogP contribution in [0.4, 0.5) is 0 Å². The fourth-order valence-electron chi connectivity index (χ4n) is 3.41. The normalized spacial score (nSPS) is 34.9. The minimum Gasteiger partial charge on any atom is -0.313 e. The molecule has 98 valence electrons. The molecule has 3 rings (SSSR count). The zero-order valence-electron chi connectivity index (χ0n) is 11.2. The number of rotatable bonds is 5. The molecule has 0 radical (unpaired) electrons. The molecule has 0 aromatic rings. The van der Waals surface area contributed by atoms with Gasteiger partial charge >= 0.3 is 0 Å².